The van der Waals surface area contributed by atoms with E-state index < -0.39 is 0 Å². The van der Waals surface area contributed by atoms with Gasteiger partial charge in [-0.3, -0.25) is 9.59 Å². The number of carbonyl (C=O) groups excluding carboxylic acids is 2. The highest BCUT2D eigenvalue weighted by Gasteiger charge is 2.32. The van der Waals surface area contributed by atoms with Gasteiger partial charge in [0, 0.05) is 31.6 Å². The van der Waals surface area contributed by atoms with Crippen LogP contribution in [0.3, 0.4) is 0 Å². The molecule has 1 aliphatic heterocycles. The Labute approximate surface area is 188 Å². The van der Waals surface area contributed by atoms with Crippen LogP contribution in [0, 0.1) is 17.7 Å². The molecule has 0 bridgehead atoms. The van der Waals surface area contributed by atoms with E-state index in [4.69, 9.17) is 0 Å². The van der Waals surface area contributed by atoms with Crippen LogP contribution in [-0.2, 0) is 11.3 Å². The summed E-state index contributed by atoms with van der Waals surface area (Å²) in [4.78, 5) is 27.4. The summed E-state index contributed by atoms with van der Waals surface area (Å²) in [5, 5.41) is 5.42. The second-order valence-electron chi connectivity index (χ2n) is 8.59. The van der Waals surface area contributed by atoms with Crippen LogP contribution in [-0.4, -0.2) is 29.8 Å². The molecule has 0 unspecified atom stereocenters. The Hall–Kier alpha value is -3.21. The third-order valence-electron chi connectivity index (χ3n) is 6.60. The predicted octanol–water partition coefficient (Wildman–Crippen LogP) is 5.17. The van der Waals surface area contributed by atoms with Crippen molar-refractivity contribution in [1.29, 1.82) is 0 Å². The van der Waals surface area contributed by atoms with Gasteiger partial charge in [0.15, 0.2) is 0 Å². The fourth-order valence-electron chi connectivity index (χ4n) is 4.72. The Morgan fingerprint density at radius 2 is 1.75 bits per heavy atom. The molecule has 0 radical (unpaired) electrons. The smallest absolute Gasteiger partial charge is 0.253 e. The van der Waals surface area contributed by atoms with Crippen molar-refractivity contribution >= 4 is 22.6 Å². The van der Waals surface area contributed by atoms with Gasteiger partial charge < -0.3 is 10.2 Å². The number of likely N-dealkylation sites (tertiary alicyclic amines) is 1. The van der Waals surface area contributed by atoms with E-state index in [0.717, 1.165) is 23.8 Å². The first-order valence-corrected chi connectivity index (χ1v) is 11.3. The molecule has 1 aliphatic rings. The third kappa shape index (κ3) is 4.98. The Balaban J connectivity index is 1.33. The first-order chi connectivity index (χ1) is 15.5. The van der Waals surface area contributed by atoms with Crippen LogP contribution < -0.4 is 5.32 Å². The standard InChI is InChI=1S/C27H29FN2O2/c1-2-19-18-30(27(32)21-10-12-24(28)13-11-21)15-14-22(19)16-26(31)29-17-23-8-5-7-20-6-3-4-9-25(20)23/h3-13,19,22H,2,14-18H2,1H3,(H,29,31)/t19-,22-/m0/s1. The van der Waals surface area contributed by atoms with Gasteiger partial charge in [0.1, 0.15) is 5.82 Å². The number of rotatable bonds is 6. The maximum absolute atomic E-state index is 13.2. The minimum absolute atomic E-state index is 0.0553. The lowest BCUT2D eigenvalue weighted by molar-refractivity contribution is -0.123. The molecule has 0 spiro atoms. The van der Waals surface area contributed by atoms with Gasteiger partial charge in [0.25, 0.3) is 5.91 Å². The topological polar surface area (TPSA) is 49.4 Å². The van der Waals surface area contributed by atoms with Crippen LogP contribution in [0.5, 0.6) is 0 Å². The normalized spacial score (nSPS) is 18.5. The Morgan fingerprint density at radius 1 is 1.00 bits per heavy atom. The van der Waals surface area contributed by atoms with Gasteiger partial charge in [-0.05, 0) is 58.9 Å². The maximum atomic E-state index is 13.2. The van der Waals surface area contributed by atoms with Crippen molar-refractivity contribution in [3.8, 4) is 0 Å². The molecule has 1 heterocycles. The number of hydrogen-bond donors (Lipinski definition) is 1. The summed E-state index contributed by atoms with van der Waals surface area (Å²) in [5.41, 5.74) is 1.62. The lowest BCUT2D eigenvalue weighted by atomic mass is 9.81. The average Bonchev–Trinajstić information content (AvgIpc) is 2.83. The van der Waals surface area contributed by atoms with Crippen LogP contribution in [0.2, 0.25) is 0 Å². The number of carbonyl (C=O) groups is 2. The number of piperidine rings is 1. The molecular formula is C27H29FN2O2. The third-order valence-corrected chi connectivity index (χ3v) is 6.60. The Kier molecular flexibility index (Phi) is 6.84. The number of amides is 2. The van der Waals surface area contributed by atoms with Gasteiger partial charge in [-0.2, -0.15) is 0 Å². The molecule has 1 saturated heterocycles. The highest BCUT2D eigenvalue weighted by atomic mass is 19.1. The van der Waals surface area contributed by atoms with Gasteiger partial charge in [0.05, 0.1) is 0 Å². The second-order valence-corrected chi connectivity index (χ2v) is 8.59. The van der Waals surface area contributed by atoms with Gasteiger partial charge >= 0.3 is 0 Å². The number of hydrogen-bond acceptors (Lipinski definition) is 2. The van der Waals surface area contributed by atoms with E-state index in [1.165, 1.54) is 29.7 Å². The summed E-state index contributed by atoms with van der Waals surface area (Å²) in [6, 6.07) is 20.0. The molecule has 5 heteroatoms. The number of benzene rings is 3. The zero-order chi connectivity index (χ0) is 22.5. The first-order valence-electron chi connectivity index (χ1n) is 11.3. The van der Waals surface area contributed by atoms with E-state index >= 15 is 0 Å². The predicted molar refractivity (Wildman–Crippen MR) is 125 cm³/mol. The van der Waals surface area contributed by atoms with Crippen LogP contribution >= 0.6 is 0 Å². The molecule has 3 aromatic rings. The van der Waals surface area contributed by atoms with E-state index in [1.54, 1.807) is 0 Å². The molecule has 0 aliphatic carbocycles. The number of nitrogens with one attached hydrogen (secondary N) is 1. The second kappa shape index (κ2) is 9.94. The molecule has 1 N–H and O–H groups in total. The van der Waals surface area contributed by atoms with E-state index in [2.05, 4.69) is 36.5 Å². The summed E-state index contributed by atoms with van der Waals surface area (Å²) in [6.45, 7) is 3.87. The summed E-state index contributed by atoms with van der Waals surface area (Å²) >= 11 is 0. The van der Waals surface area contributed by atoms with E-state index in [1.807, 2.05) is 23.1 Å². The number of halogens is 1. The van der Waals surface area contributed by atoms with E-state index in [0.29, 0.717) is 31.6 Å². The summed E-state index contributed by atoms with van der Waals surface area (Å²) in [7, 11) is 0. The molecule has 1 fully saturated rings. The van der Waals surface area contributed by atoms with Crippen molar-refractivity contribution < 1.29 is 14.0 Å². The fraction of sp³-hybridized carbons (Fsp3) is 0.333. The van der Waals surface area contributed by atoms with E-state index in [9.17, 15) is 14.0 Å². The fourth-order valence-corrected chi connectivity index (χ4v) is 4.72. The summed E-state index contributed by atoms with van der Waals surface area (Å²) < 4.78 is 13.2. The molecule has 0 saturated carbocycles. The highest BCUT2D eigenvalue weighted by molar-refractivity contribution is 5.94. The SMILES string of the molecule is CC[C@H]1CN(C(=O)c2ccc(F)cc2)CC[C@H]1CC(=O)NCc1cccc2ccccc12. The van der Waals surface area contributed by atoms with Crippen molar-refractivity contribution in [3.05, 3.63) is 83.7 Å². The lowest BCUT2D eigenvalue weighted by Gasteiger charge is -2.38. The van der Waals surface area contributed by atoms with Crippen molar-refractivity contribution in [2.75, 3.05) is 13.1 Å². The minimum atomic E-state index is -0.346. The summed E-state index contributed by atoms with van der Waals surface area (Å²) in [5.74, 6) is 0.171. The maximum Gasteiger partial charge on any atom is 0.253 e. The van der Waals surface area contributed by atoms with Crippen molar-refractivity contribution in [1.82, 2.24) is 10.2 Å². The molecule has 3 aromatic carbocycles. The first kappa shape index (κ1) is 22.0. The van der Waals surface area contributed by atoms with Crippen LogP contribution in [0.25, 0.3) is 10.8 Å². The van der Waals surface area contributed by atoms with Gasteiger partial charge in [-0.25, -0.2) is 4.39 Å². The zero-order valence-corrected chi connectivity index (χ0v) is 18.4. The Bertz CT molecular complexity index is 1090. The lowest BCUT2D eigenvalue weighted by Crippen LogP contribution is -2.44. The average molecular weight is 433 g/mol. The Morgan fingerprint density at radius 3 is 2.53 bits per heavy atom. The zero-order valence-electron chi connectivity index (χ0n) is 18.4. The van der Waals surface area contributed by atoms with Gasteiger partial charge in [0.2, 0.25) is 5.91 Å². The molecule has 0 aromatic heterocycles. The highest BCUT2D eigenvalue weighted by Crippen LogP contribution is 2.30. The molecule has 4 nitrogen and oxygen atoms in total. The van der Waals surface area contributed by atoms with E-state index in [-0.39, 0.29) is 29.5 Å². The quantitative estimate of drug-likeness (QED) is 0.584. The molecule has 166 valence electrons. The van der Waals surface area contributed by atoms with Gasteiger partial charge in [-0.15, -0.1) is 0 Å². The van der Waals surface area contributed by atoms with Crippen molar-refractivity contribution in [2.24, 2.45) is 11.8 Å². The minimum Gasteiger partial charge on any atom is -0.352 e. The molecule has 2 atom stereocenters. The molecular weight excluding hydrogens is 403 g/mol. The van der Waals surface area contributed by atoms with Crippen molar-refractivity contribution in [3.63, 3.8) is 0 Å². The number of fused-ring (bicyclic) bond motifs is 1. The van der Waals surface area contributed by atoms with Crippen LogP contribution in [0.1, 0.15) is 42.1 Å². The molecule has 2 amide bonds. The van der Waals surface area contributed by atoms with Crippen LogP contribution in [0.4, 0.5) is 4.39 Å². The molecule has 32 heavy (non-hydrogen) atoms. The number of nitrogens with zero attached hydrogens (tertiary/aromatic N) is 1. The largest absolute Gasteiger partial charge is 0.352 e. The van der Waals surface area contributed by atoms with Crippen molar-refractivity contribution in [2.45, 2.75) is 32.7 Å². The van der Waals surface area contributed by atoms with Gasteiger partial charge in [-0.1, -0.05) is 55.8 Å². The monoisotopic (exact) mass is 432 g/mol. The summed E-state index contributed by atoms with van der Waals surface area (Å²) in [6.07, 6.45) is 2.18. The van der Waals surface area contributed by atoms with Crippen LogP contribution in [0.15, 0.2) is 66.7 Å². The molecule has 4 rings (SSSR count).